The minimum Gasteiger partial charge on any atom is -0.338 e. The van der Waals surface area contributed by atoms with Crippen molar-refractivity contribution in [2.24, 2.45) is 5.73 Å². The number of carbonyl (C=O) groups is 1. The van der Waals surface area contributed by atoms with Crippen molar-refractivity contribution in [2.45, 2.75) is 30.3 Å². The molecule has 0 aromatic carbocycles. The number of thiophene rings is 2. The molecule has 1 saturated heterocycles. The van der Waals surface area contributed by atoms with Gasteiger partial charge in [-0.05, 0) is 35.7 Å². The highest BCUT2D eigenvalue weighted by atomic mass is 32.2. The maximum absolute atomic E-state index is 12.7. The van der Waals surface area contributed by atoms with E-state index in [-0.39, 0.29) is 28.3 Å². The van der Waals surface area contributed by atoms with Gasteiger partial charge in [0.1, 0.15) is 9.77 Å². The van der Waals surface area contributed by atoms with Crippen LogP contribution in [0.3, 0.4) is 0 Å². The smallest absolute Gasteiger partial charge is 0.265 e. The highest BCUT2D eigenvalue weighted by Gasteiger charge is 2.28. The summed E-state index contributed by atoms with van der Waals surface area (Å²) in [4.78, 5) is 15.6. The fourth-order valence-electron chi connectivity index (χ4n) is 2.57. The van der Waals surface area contributed by atoms with Gasteiger partial charge in [-0.15, -0.1) is 22.7 Å². The van der Waals surface area contributed by atoms with Crippen LogP contribution in [-0.2, 0) is 16.6 Å². The van der Waals surface area contributed by atoms with E-state index in [1.165, 1.54) is 17.4 Å². The number of nitrogens with zero attached hydrogens (tertiary/aromatic N) is 1. The van der Waals surface area contributed by atoms with Crippen molar-refractivity contribution in [2.75, 3.05) is 13.1 Å². The van der Waals surface area contributed by atoms with Gasteiger partial charge in [-0.25, -0.2) is 13.1 Å². The molecule has 1 aliphatic heterocycles. The molecule has 2 aromatic rings. The Morgan fingerprint density at radius 3 is 2.67 bits per heavy atom. The van der Waals surface area contributed by atoms with Crippen LogP contribution < -0.4 is 10.5 Å². The molecule has 1 fully saturated rings. The van der Waals surface area contributed by atoms with Gasteiger partial charge in [0.25, 0.3) is 5.91 Å². The van der Waals surface area contributed by atoms with Gasteiger partial charge in [0.15, 0.2) is 0 Å². The van der Waals surface area contributed by atoms with E-state index in [1.54, 1.807) is 10.3 Å². The zero-order valence-corrected chi connectivity index (χ0v) is 15.4. The first-order valence-corrected chi connectivity index (χ1v) is 10.9. The summed E-state index contributed by atoms with van der Waals surface area (Å²) in [5.74, 6) is -0.228. The van der Waals surface area contributed by atoms with Crippen molar-refractivity contribution in [3.63, 3.8) is 0 Å². The molecule has 1 aliphatic rings. The Kier molecular flexibility index (Phi) is 5.36. The molecular weight excluding hydrogens is 366 g/mol. The normalized spacial score (nSPS) is 16.5. The Labute approximate surface area is 149 Å². The lowest BCUT2D eigenvalue weighted by Crippen LogP contribution is -2.43. The fourth-order valence-corrected chi connectivity index (χ4v) is 5.70. The molecule has 0 unspecified atom stereocenters. The van der Waals surface area contributed by atoms with Gasteiger partial charge in [0.2, 0.25) is 10.0 Å². The maximum Gasteiger partial charge on any atom is 0.265 e. The molecule has 0 aliphatic carbocycles. The summed E-state index contributed by atoms with van der Waals surface area (Å²) in [6.07, 6.45) is 1.49. The van der Waals surface area contributed by atoms with Crippen molar-refractivity contribution in [3.05, 3.63) is 38.7 Å². The number of sulfonamides is 1. The summed E-state index contributed by atoms with van der Waals surface area (Å²) in [6.45, 7) is 1.36. The van der Waals surface area contributed by atoms with Crippen LogP contribution in [0.5, 0.6) is 0 Å². The Morgan fingerprint density at radius 1 is 1.25 bits per heavy atom. The molecule has 24 heavy (non-hydrogen) atoms. The first kappa shape index (κ1) is 17.6. The number of amides is 1. The number of likely N-dealkylation sites (tertiary alicyclic amines) is 1. The van der Waals surface area contributed by atoms with Crippen LogP contribution in [0.25, 0.3) is 0 Å². The molecule has 3 N–H and O–H groups in total. The quantitative estimate of drug-likeness (QED) is 0.821. The SMILES string of the molecule is NC1CCN(C(=O)c2sccc2S(=O)(=O)NCc2cccs2)CC1. The van der Waals surface area contributed by atoms with Crippen molar-refractivity contribution in [1.82, 2.24) is 9.62 Å². The van der Waals surface area contributed by atoms with E-state index >= 15 is 0 Å². The summed E-state index contributed by atoms with van der Waals surface area (Å²) in [5, 5.41) is 3.53. The van der Waals surface area contributed by atoms with Gasteiger partial charge in [-0.3, -0.25) is 4.79 Å². The van der Waals surface area contributed by atoms with E-state index in [4.69, 9.17) is 5.73 Å². The van der Waals surface area contributed by atoms with Crippen LogP contribution in [-0.4, -0.2) is 38.4 Å². The Hall–Kier alpha value is -1.26. The molecule has 2 aromatic heterocycles. The molecule has 3 heterocycles. The first-order chi connectivity index (χ1) is 11.5. The minimum absolute atomic E-state index is 0.0592. The van der Waals surface area contributed by atoms with Gasteiger partial charge in [0.05, 0.1) is 0 Å². The van der Waals surface area contributed by atoms with E-state index in [2.05, 4.69) is 4.72 Å². The monoisotopic (exact) mass is 385 g/mol. The van der Waals surface area contributed by atoms with Gasteiger partial charge in [-0.2, -0.15) is 0 Å². The third-order valence-corrected chi connectivity index (χ3v) is 7.31. The van der Waals surface area contributed by atoms with Crippen molar-refractivity contribution < 1.29 is 13.2 Å². The zero-order valence-electron chi connectivity index (χ0n) is 13.0. The second kappa shape index (κ2) is 7.32. The number of hydrogen-bond donors (Lipinski definition) is 2. The molecule has 0 bridgehead atoms. The van der Waals surface area contributed by atoms with Gasteiger partial charge < -0.3 is 10.6 Å². The third kappa shape index (κ3) is 3.86. The summed E-state index contributed by atoms with van der Waals surface area (Å²) in [5.41, 5.74) is 5.86. The van der Waals surface area contributed by atoms with Crippen LogP contribution in [0.2, 0.25) is 0 Å². The molecule has 0 spiro atoms. The molecule has 6 nitrogen and oxygen atoms in total. The number of nitrogens with two attached hydrogens (primary N) is 1. The number of rotatable bonds is 5. The lowest BCUT2D eigenvalue weighted by Gasteiger charge is -2.30. The fraction of sp³-hybridized carbons (Fsp3) is 0.400. The number of piperidine rings is 1. The average molecular weight is 386 g/mol. The van der Waals surface area contributed by atoms with E-state index in [9.17, 15) is 13.2 Å². The Balaban J connectivity index is 1.75. The predicted octanol–water partition coefficient (Wildman–Crippen LogP) is 1.85. The molecule has 9 heteroatoms. The topological polar surface area (TPSA) is 92.5 Å². The van der Waals surface area contributed by atoms with Crippen molar-refractivity contribution in [3.8, 4) is 0 Å². The molecule has 0 saturated carbocycles. The zero-order chi connectivity index (χ0) is 17.2. The maximum atomic E-state index is 12.7. The standard InChI is InChI=1S/C15H19N3O3S3/c16-11-3-6-18(7-4-11)15(19)14-13(5-9-23-14)24(20,21)17-10-12-2-1-8-22-12/h1-2,5,8-9,11,17H,3-4,6-7,10,16H2. The van der Waals surface area contributed by atoms with Crippen molar-refractivity contribution in [1.29, 1.82) is 0 Å². The Morgan fingerprint density at radius 2 is 2.00 bits per heavy atom. The van der Waals surface area contributed by atoms with Crippen LogP contribution in [0.15, 0.2) is 33.9 Å². The van der Waals surface area contributed by atoms with Crippen LogP contribution in [0.1, 0.15) is 27.4 Å². The predicted molar refractivity (Wildman–Crippen MR) is 95.8 cm³/mol. The highest BCUT2D eigenvalue weighted by Crippen LogP contribution is 2.25. The van der Waals surface area contributed by atoms with E-state index < -0.39 is 10.0 Å². The average Bonchev–Trinajstić information content (AvgIpc) is 3.25. The first-order valence-electron chi connectivity index (χ1n) is 7.62. The molecule has 0 atom stereocenters. The lowest BCUT2D eigenvalue weighted by atomic mass is 10.1. The molecule has 0 radical (unpaired) electrons. The number of carbonyl (C=O) groups excluding carboxylic acids is 1. The van der Waals surface area contributed by atoms with Crippen LogP contribution in [0, 0.1) is 0 Å². The molecular formula is C15H19N3O3S3. The Bertz CT molecular complexity index is 791. The van der Waals surface area contributed by atoms with Crippen LogP contribution in [0.4, 0.5) is 0 Å². The van der Waals surface area contributed by atoms with E-state index in [0.717, 1.165) is 29.1 Å². The van der Waals surface area contributed by atoms with Gasteiger partial charge in [0, 0.05) is 30.6 Å². The van der Waals surface area contributed by atoms with Gasteiger partial charge >= 0.3 is 0 Å². The van der Waals surface area contributed by atoms with E-state index in [0.29, 0.717) is 13.1 Å². The minimum atomic E-state index is -3.72. The lowest BCUT2D eigenvalue weighted by molar-refractivity contribution is 0.0716. The summed E-state index contributed by atoms with van der Waals surface area (Å²) >= 11 is 2.65. The molecule has 130 valence electrons. The van der Waals surface area contributed by atoms with E-state index in [1.807, 2.05) is 17.5 Å². The van der Waals surface area contributed by atoms with Gasteiger partial charge in [-0.1, -0.05) is 6.07 Å². The number of hydrogen-bond acceptors (Lipinski definition) is 6. The summed E-state index contributed by atoms with van der Waals surface area (Å²) in [6, 6.07) is 5.34. The number of nitrogens with one attached hydrogen (secondary N) is 1. The highest BCUT2D eigenvalue weighted by molar-refractivity contribution is 7.89. The largest absolute Gasteiger partial charge is 0.338 e. The second-order valence-corrected chi connectivity index (χ2v) is 9.33. The molecule has 1 amide bonds. The second-order valence-electron chi connectivity index (χ2n) is 5.65. The summed E-state index contributed by atoms with van der Waals surface area (Å²) < 4.78 is 27.7. The summed E-state index contributed by atoms with van der Waals surface area (Å²) in [7, 11) is -3.72. The molecule has 3 rings (SSSR count). The van der Waals surface area contributed by atoms with Crippen molar-refractivity contribution >= 4 is 38.6 Å². The third-order valence-electron chi connectivity index (χ3n) is 3.96. The van der Waals surface area contributed by atoms with Crippen LogP contribution >= 0.6 is 22.7 Å².